The number of hydrogen-bond donors (Lipinski definition) is 0. The summed E-state index contributed by atoms with van der Waals surface area (Å²) in [5, 5.41) is 0.701. The Kier molecular flexibility index (Phi) is 5.76. The van der Waals surface area contributed by atoms with Crippen molar-refractivity contribution in [1.29, 1.82) is 0 Å². The molecule has 3 heterocycles. The molecule has 2 aromatic heterocycles. The van der Waals surface area contributed by atoms with Crippen LogP contribution in [0.3, 0.4) is 0 Å². The number of likely N-dealkylation sites (tertiary alicyclic amines) is 1. The maximum Gasteiger partial charge on any atom is 0.347 e. The van der Waals surface area contributed by atoms with Crippen molar-refractivity contribution in [2.24, 2.45) is 0 Å². The molecule has 1 fully saturated rings. The number of aromatic nitrogens is 3. The number of oxazole rings is 1. The van der Waals surface area contributed by atoms with E-state index in [4.69, 9.17) is 16.0 Å². The molecule has 1 aliphatic heterocycles. The molecule has 0 aliphatic carbocycles. The molecule has 1 amide bonds. The van der Waals surface area contributed by atoms with E-state index in [2.05, 4.69) is 9.97 Å². The lowest BCUT2D eigenvalue weighted by atomic mass is 9.98. The Labute approximate surface area is 173 Å². The van der Waals surface area contributed by atoms with E-state index in [1.807, 2.05) is 24.3 Å². The normalized spacial score (nSPS) is 16.7. The molecule has 8 heteroatoms. The van der Waals surface area contributed by atoms with Crippen LogP contribution in [0.1, 0.15) is 36.0 Å². The van der Waals surface area contributed by atoms with Crippen molar-refractivity contribution in [3.8, 4) is 0 Å². The molecule has 1 aromatic carbocycles. The Morgan fingerprint density at radius 2 is 2.07 bits per heavy atom. The Hall–Kier alpha value is -2.93. The largest absolute Gasteiger partial charge is 0.445 e. The van der Waals surface area contributed by atoms with E-state index in [-0.39, 0.29) is 18.4 Å². The van der Waals surface area contributed by atoms with Crippen LogP contribution in [-0.2, 0) is 17.8 Å². The van der Waals surface area contributed by atoms with Crippen LogP contribution < -0.4 is 5.69 Å². The number of piperidine rings is 1. The van der Waals surface area contributed by atoms with Gasteiger partial charge in [0.25, 0.3) is 0 Å². The highest BCUT2D eigenvalue weighted by Crippen LogP contribution is 2.27. The molecule has 0 radical (unpaired) electrons. The molecule has 0 unspecified atom stereocenters. The van der Waals surface area contributed by atoms with Gasteiger partial charge >= 0.3 is 5.69 Å². The molecule has 7 nitrogen and oxygen atoms in total. The summed E-state index contributed by atoms with van der Waals surface area (Å²) in [6, 6.07) is 9.28. The predicted octanol–water partition coefficient (Wildman–Crippen LogP) is 2.88. The number of amides is 1. The first-order valence-electron chi connectivity index (χ1n) is 9.57. The molecule has 29 heavy (non-hydrogen) atoms. The maximum atomic E-state index is 12.6. The van der Waals surface area contributed by atoms with Crippen molar-refractivity contribution < 1.29 is 9.21 Å². The second-order valence-electron chi connectivity index (χ2n) is 7.18. The molecular weight excluding hydrogens is 392 g/mol. The summed E-state index contributed by atoms with van der Waals surface area (Å²) in [5.74, 6) is 1.40. The van der Waals surface area contributed by atoms with Gasteiger partial charge in [0.15, 0.2) is 5.89 Å². The molecule has 1 aliphatic rings. The summed E-state index contributed by atoms with van der Waals surface area (Å²) in [6.07, 6.45) is 7.17. The number of nitrogens with zero attached hydrogens (tertiary/aromatic N) is 4. The highest BCUT2D eigenvalue weighted by atomic mass is 35.5. The predicted molar refractivity (Wildman–Crippen MR) is 108 cm³/mol. The zero-order chi connectivity index (χ0) is 20.2. The quantitative estimate of drug-likeness (QED) is 0.643. The first-order valence-corrected chi connectivity index (χ1v) is 9.94. The fourth-order valence-electron chi connectivity index (χ4n) is 3.55. The van der Waals surface area contributed by atoms with Crippen molar-refractivity contribution in [1.82, 2.24) is 19.4 Å². The summed E-state index contributed by atoms with van der Waals surface area (Å²) >= 11 is 5.93. The van der Waals surface area contributed by atoms with Crippen LogP contribution in [-0.4, -0.2) is 38.4 Å². The lowest BCUT2D eigenvalue weighted by Crippen LogP contribution is -2.42. The van der Waals surface area contributed by atoms with Crippen molar-refractivity contribution in [2.75, 3.05) is 13.1 Å². The van der Waals surface area contributed by atoms with Crippen LogP contribution >= 0.6 is 11.6 Å². The zero-order valence-electron chi connectivity index (χ0n) is 15.8. The van der Waals surface area contributed by atoms with E-state index >= 15 is 0 Å². The standard InChI is InChI=1S/C21H21ClN4O3/c22-17-6-4-15(5-7-17)11-18-12-24-20(29-18)16-3-1-9-25(13-16)19(27)14-26-10-2-8-23-21(26)28/h2,4-8,10,12,16H,1,3,9,11,13-14H2/t16-/m1/s1. The van der Waals surface area contributed by atoms with Crippen LogP contribution in [0.4, 0.5) is 0 Å². The summed E-state index contributed by atoms with van der Waals surface area (Å²) in [5.41, 5.74) is 0.674. The van der Waals surface area contributed by atoms with E-state index in [0.29, 0.717) is 30.4 Å². The topological polar surface area (TPSA) is 81.2 Å². The monoisotopic (exact) mass is 412 g/mol. The smallest absolute Gasteiger partial charge is 0.347 e. The highest BCUT2D eigenvalue weighted by molar-refractivity contribution is 6.30. The third-order valence-corrected chi connectivity index (χ3v) is 5.33. The van der Waals surface area contributed by atoms with Gasteiger partial charge in [-0.15, -0.1) is 0 Å². The van der Waals surface area contributed by atoms with E-state index < -0.39 is 5.69 Å². The number of carbonyl (C=O) groups excluding carboxylic acids is 1. The molecule has 0 saturated carbocycles. The lowest BCUT2D eigenvalue weighted by molar-refractivity contribution is -0.133. The molecule has 150 valence electrons. The van der Waals surface area contributed by atoms with E-state index in [9.17, 15) is 9.59 Å². The van der Waals surface area contributed by atoms with Gasteiger partial charge < -0.3 is 9.32 Å². The fourth-order valence-corrected chi connectivity index (χ4v) is 3.68. The minimum Gasteiger partial charge on any atom is -0.445 e. The molecular formula is C21H21ClN4O3. The number of halogens is 1. The SMILES string of the molecule is O=C(Cn1cccnc1=O)N1CCC[C@@H](c2ncc(Cc3ccc(Cl)cc3)o2)C1. The Bertz CT molecular complexity index is 1040. The summed E-state index contributed by atoms with van der Waals surface area (Å²) in [7, 11) is 0. The van der Waals surface area contributed by atoms with Crippen LogP contribution in [0.15, 0.2) is 58.1 Å². The minimum absolute atomic E-state index is 0.00715. The number of rotatable bonds is 5. The van der Waals surface area contributed by atoms with Gasteiger partial charge in [-0.2, -0.15) is 0 Å². The summed E-state index contributed by atoms with van der Waals surface area (Å²) in [6.45, 7) is 1.20. The molecule has 0 spiro atoms. The van der Waals surface area contributed by atoms with Gasteiger partial charge in [0.05, 0.1) is 12.1 Å². The fraction of sp³-hybridized carbons (Fsp3) is 0.333. The first kappa shape index (κ1) is 19.4. The van der Waals surface area contributed by atoms with Gasteiger partial charge in [0.1, 0.15) is 12.3 Å². The first-order chi connectivity index (χ1) is 14.1. The Morgan fingerprint density at radius 3 is 2.86 bits per heavy atom. The van der Waals surface area contributed by atoms with E-state index in [0.717, 1.165) is 24.2 Å². The van der Waals surface area contributed by atoms with Gasteiger partial charge in [-0.05, 0) is 36.6 Å². The lowest BCUT2D eigenvalue weighted by Gasteiger charge is -2.31. The molecule has 1 saturated heterocycles. The molecule has 3 aromatic rings. The van der Waals surface area contributed by atoms with Crippen molar-refractivity contribution in [3.63, 3.8) is 0 Å². The van der Waals surface area contributed by atoms with Crippen LogP contribution in [0, 0.1) is 0 Å². The molecule has 0 bridgehead atoms. The number of benzene rings is 1. The third-order valence-electron chi connectivity index (χ3n) is 5.07. The second-order valence-corrected chi connectivity index (χ2v) is 7.61. The van der Waals surface area contributed by atoms with Gasteiger partial charge in [-0.3, -0.25) is 9.36 Å². The van der Waals surface area contributed by atoms with Crippen molar-refractivity contribution >= 4 is 17.5 Å². The van der Waals surface area contributed by atoms with E-state index in [1.54, 1.807) is 23.4 Å². The van der Waals surface area contributed by atoms with Crippen LogP contribution in [0.2, 0.25) is 5.02 Å². The minimum atomic E-state index is -0.422. The maximum absolute atomic E-state index is 12.6. The highest BCUT2D eigenvalue weighted by Gasteiger charge is 2.28. The van der Waals surface area contributed by atoms with Gasteiger partial charge in [0.2, 0.25) is 5.91 Å². The third kappa shape index (κ3) is 4.74. The second kappa shape index (κ2) is 8.61. The Morgan fingerprint density at radius 1 is 1.24 bits per heavy atom. The van der Waals surface area contributed by atoms with Crippen LogP contribution in [0.5, 0.6) is 0 Å². The van der Waals surface area contributed by atoms with E-state index in [1.165, 1.54) is 10.8 Å². The molecule has 1 atom stereocenters. The van der Waals surface area contributed by atoms with Gasteiger partial charge in [0, 0.05) is 36.9 Å². The number of hydrogen-bond acceptors (Lipinski definition) is 5. The van der Waals surface area contributed by atoms with Crippen molar-refractivity contribution in [2.45, 2.75) is 31.7 Å². The summed E-state index contributed by atoms with van der Waals surface area (Å²) in [4.78, 5) is 34.3. The van der Waals surface area contributed by atoms with Gasteiger partial charge in [-0.25, -0.2) is 14.8 Å². The van der Waals surface area contributed by atoms with Crippen LogP contribution in [0.25, 0.3) is 0 Å². The average molecular weight is 413 g/mol. The summed E-state index contributed by atoms with van der Waals surface area (Å²) < 4.78 is 7.30. The Balaban J connectivity index is 1.40. The average Bonchev–Trinajstić information content (AvgIpc) is 3.20. The van der Waals surface area contributed by atoms with Gasteiger partial charge in [-0.1, -0.05) is 23.7 Å². The van der Waals surface area contributed by atoms with Crippen molar-refractivity contribution in [3.05, 3.63) is 81.6 Å². The number of carbonyl (C=O) groups is 1. The zero-order valence-corrected chi connectivity index (χ0v) is 16.6. The molecule has 0 N–H and O–H groups in total. The molecule has 4 rings (SSSR count).